The van der Waals surface area contributed by atoms with Crippen molar-refractivity contribution in [2.45, 2.75) is 51.8 Å². The van der Waals surface area contributed by atoms with Crippen LogP contribution in [-0.2, 0) is 25.6 Å². The van der Waals surface area contributed by atoms with Crippen LogP contribution in [0.25, 0.3) is 0 Å². The normalized spacial score (nSPS) is 15.2. The summed E-state index contributed by atoms with van der Waals surface area (Å²) in [6, 6.07) is 6.14. The number of amides is 4. The number of hydrogen-bond acceptors (Lipinski definition) is 7. The highest BCUT2D eigenvalue weighted by Gasteiger charge is 2.33. The molecule has 1 atom stereocenters. The summed E-state index contributed by atoms with van der Waals surface area (Å²) >= 11 is 0. The fourth-order valence-electron chi connectivity index (χ4n) is 2.37. The molecule has 1 aliphatic heterocycles. The molecule has 1 aromatic carbocycles. The Labute approximate surface area is 161 Å². The second-order valence-electron chi connectivity index (χ2n) is 7.17. The maximum atomic E-state index is 12.1. The molecule has 4 amide bonds. The average molecular weight is 393 g/mol. The van der Waals surface area contributed by atoms with Crippen LogP contribution in [0.1, 0.15) is 39.2 Å². The van der Waals surface area contributed by atoms with Gasteiger partial charge in [0.1, 0.15) is 17.5 Å². The van der Waals surface area contributed by atoms with E-state index in [1.807, 2.05) is 0 Å². The summed E-state index contributed by atoms with van der Waals surface area (Å²) in [7, 11) is 0. The van der Waals surface area contributed by atoms with Gasteiger partial charge in [0, 0.05) is 19.3 Å². The predicted molar refractivity (Wildman–Crippen MR) is 95.7 cm³/mol. The number of alkyl carbamates (subject to hydrolysis) is 1. The maximum absolute atomic E-state index is 12.1. The number of aromatic hydroxyl groups is 1. The number of benzene rings is 1. The van der Waals surface area contributed by atoms with E-state index in [0.717, 1.165) is 0 Å². The van der Waals surface area contributed by atoms with Crippen LogP contribution in [0.2, 0.25) is 0 Å². The van der Waals surface area contributed by atoms with Crippen molar-refractivity contribution in [3.8, 4) is 5.75 Å². The standard InChI is InChI=1S/C18H23N3O7/c1-18(2,3)27-16(25)19-13(10-11-4-6-12(22)7-5-11)20-17(26)28-21-14(23)8-9-15(21)24/h4-7,13,22H,8-10H2,1-3H3,(H,19,25)(H,20,26)/t13-/m1/s1. The first-order valence-corrected chi connectivity index (χ1v) is 8.65. The zero-order chi connectivity index (χ0) is 20.9. The molecule has 2 rings (SSSR count). The first-order valence-electron chi connectivity index (χ1n) is 8.65. The van der Waals surface area contributed by atoms with Crippen molar-refractivity contribution in [3.63, 3.8) is 0 Å². The van der Waals surface area contributed by atoms with E-state index in [4.69, 9.17) is 9.57 Å². The lowest BCUT2D eigenvalue weighted by molar-refractivity contribution is -0.171. The fraction of sp³-hybridized carbons (Fsp3) is 0.444. The van der Waals surface area contributed by atoms with Crippen molar-refractivity contribution >= 4 is 24.0 Å². The van der Waals surface area contributed by atoms with E-state index in [0.29, 0.717) is 10.6 Å². The topological polar surface area (TPSA) is 134 Å². The molecule has 0 unspecified atom stereocenters. The number of nitrogens with one attached hydrogen (secondary N) is 2. The number of ether oxygens (including phenoxy) is 1. The Balaban J connectivity index is 2.04. The van der Waals surface area contributed by atoms with Gasteiger partial charge in [-0.2, -0.15) is 0 Å². The van der Waals surface area contributed by atoms with E-state index in [1.54, 1.807) is 32.9 Å². The van der Waals surface area contributed by atoms with Crippen LogP contribution in [0, 0.1) is 0 Å². The summed E-state index contributed by atoms with van der Waals surface area (Å²) in [6.45, 7) is 5.07. The van der Waals surface area contributed by atoms with Crippen LogP contribution in [-0.4, -0.2) is 45.9 Å². The molecule has 1 fully saturated rings. The van der Waals surface area contributed by atoms with Gasteiger partial charge in [-0.1, -0.05) is 12.1 Å². The second-order valence-corrected chi connectivity index (χ2v) is 7.17. The van der Waals surface area contributed by atoms with Gasteiger partial charge in [0.2, 0.25) is 0 Å². The summed E-state index contributed by atoms with van der Waals surface area (Å²) in [5.74, 6) is -1.16. The minimum Gasteiger partial charge on any atom is -0.508 e. The van der Waals surface area contributed by atoms with Crippen molar-refractivity contribution in [2.24, 2.45) is 0 Å². The van der Waals surface area contributed by atoms with Crippen molar-refractivity contribution < 1.29 is 33.9 Å². The van der Waals surface area contributed by atoms with E-state index in [2.05, 4.69) is 10.6 Å². The molecule has 1 aliphatic rings. The number of hydroxylamine groups is 2. The largest absolute Gasteiger partial charge is 0.508 e. The van der Waals surface area contributed by atoms with Crippen LogP contribution in [0.3, 0.4) is 0 Å². The fourth-order valence-corrected chi connectivity index (χ4v) is 2.37. The van der Waals surface area contributed by atoms with Crippen LogP contribution >= 0.6 is 0 Å². The van der Waals surface area contributed by atoms with Gasteiger partial charge < -0.3 is 20.0 Å². The molecule has 0 radical (unpaired) electrons. The monoisotopic (exact) mass is 393 g/mol. The number of imide groups is 1. The van der Waals surface area contributed by atoms with E-state index in [1.165, 1.54) is 12.1 Å². The molecule has 28 heavy (non-hydrogen) atoms. The molecule has 0 aromatic heterocycles. The van der Waals surface area contributed by atoms with E-state index >= 15 is 0 Å². The number of nitrogens with zero attached hydrogens (tertiary/aromatic N) is 1. The van der Waals surface area contributed by atoms with Crippen molar-refractivity contribution in [1.29, 1.82) is 0 Å². The van der Waals surface area contributed by atoms with Crippen LogP contribution < -0.4 is 10.6 Å². The molecular formula is C18H23N3O7. The number of phenols is 1. The summed E-state index contributed by atoms with van der Waals surface area (Å²) in [4.78, 5) is 52.0. The molecule has 1 heterocycles. The Bertz CT molecular complexity index is 739. The third-order valence-corrected chi connectivity index (χ3v) is 3.54. The SMILES string of the molecule is CC(C)(C)OC(=O)N[C@@H](Cc1ccc(O)cc1)NC(=O)ON1C(=O)CCC1=O. The third-order valence-electron chi connectivity index (χ3n) is 3.54. The summed E-state index contributed by atoms with van der Waals surface area (Å²) in [6.07, 6.45) is -2.73. The highest BCUT2D eigenvalue weighted by atomic mass is 16.7. The molecule has 1 saturated heterocycles. The first kappa shape index (κ1) is 21.0. The number of rotatable bonds is 5. The zero-order valence-electron chi connectivity index (χ0n) is 15.9. The van der Waals surface area contributed by atoms with Gasteiger partial charge in [-0.05, 0) is 38.5 Å². The van der Waals surface area contributed by atoms with Gasteiger partial charge in [0.25, 0.3) is 11.8 Å². The average Bonchev–Trinajstić information content (AvgIpc) is 2.87. The van der Waals surface area contributed by atoms with Gasteiger partial charge in [-0.25, -0.2) is 9.59 Å². The Kier molecular flexibility index (Phi) is 6.45. The lowest BCUT2D eigenvalue weighted by atomic mass is 10.1. The molecule has 152 valence electrons. The molecule has 0 spiro atoms. The van der Waals surface area contributed by atoms with E-state index < -0.39 is 35.8 Å². The van der Waals surface area contributed by atoms with Gasteiger partial charge in [0.15, 0.2) is 0 Å². The van der Waals surface area contributed by atoms with Gasteiger partial charge >= 0.3 is 12.2 Å². The van der Waals surface area contributed by atoms with Gasteiger partial charge in [0.05, 0.1) is 0 Å². The molecule has 0 bridgehead atoms. The Morgan fingerprint density at radius 3 is 2.14 bits per heavy atom. The molecule has 1 aromatic rings. The quantitative estimate of drug-likeness (QED) is 0.511. The van der Waals surface area contributed by atoms with Gasteiger partial charge in [-0.3, -0.25) is 14.9 Å². The molecule has 0 aliphatic carbocycles. The highest BCUT2D eigenvalue weighted by molar-refractivity contribution is 6.01. The Morgan fingerprint density at radius 1 is 1.07 bits per heavy atom. The predicted octanol–water partition coefficient (Wildman–Crippen LogP) is 1.58. The van der Waals surface area contributed by atoms with Crippen molar-refractivity contribution in [2.75, 3.05) is 0 Å². The van der Waals surface area contributed by atoms with E-state index in [9.17, 15) is 24.3 Å². The molecular weight excluding hydrogens is 370 g/mol. The summed E-state index contributed by atoms with van der Waals surface area (Å²) in [5, 5.41) is 14.6. The molecule has 3 N–H and O–H groups in total. The molecule has 0 saturated carbocycles. The smallest absolute Gasteiger partial charge is 0.433 e. The second kappa shape index (κ2) is 8.59. The minimum atomic E-state index is -1.08. The third kappa shape index (κ3) is 6.45. The summed E-state index contributed by atoms with van der Waals surface area (Å²) in [5.41, 5.74) is -0.0605. The lowest BCUT2D eigenvalue weighted by Gasteiger charge is -2.24. The number of carbonyl (C=O) groups is 4. The summed E-state index contributed by atoms with van der Waals surface area (Å²) < 4.78 is 5.17. The van der Waals surface area contributed by atoms with Crippen LogP contribution in [0.5, 0.6) is 5.75 Å². The Hall–Kier alpha value is -3.30. The van der Waals surface area contributed by atoms with Crippen LogP contribution in [0.15, 0.2) is 24.3 Å². The molecule has 10 heteroatoms. The zero-order valence-corrected chi connectivity index (χ0v) is 15.9. The first-order chi connectivity index (χ1) is 13.0. The van der Waals surface area contributed by atoms with Crippen molar-refractivity contribution in [3.05, 3.63) is 29.8 Å². The lowest BCUT2D eigenvalue weighted by Crippen LogP contribution is -2.52. The Morgan fingerprint density at radius 2 is 1.61 bits per heavy atom. The highest BCUT2D eigenvalue weighted by Crippen LogP contribution is 2.14. The van der Waals surface area contributed by atoms with E-state index in [-0.39, 0.29) is 25.0 Å². The van der Waals surface area contributed by atoms with Crippen LogP contribution in [0.4, 0.5) is 9.59 Å². The number of carbonyl (C=O) groups excluding carboxylic acids is 4. The number of hydrogen-bond donors (Lipinski definition) is 3. The molecule has 10 nitrogen and oxygen atoms in total. The minimum absolute atomic E-state index is 0.0286. The maximum Gasteiger partial charge on any atom is 0.433 e. The van der Waals surface area contributed by atoms with Crippen molar-refractivity contribution in [1.82, 2.24) is 15.7 Å². The number of phenolic OH excluding ortho intramolecular Hbond substituents is 1. The van der Waals surface area contributed by atoms with Gasteiger partial charge in [-0.15, -0.1) is 5.06 Å².